The predicted molar refractivity (Wildman–Crippen MR) is 139 cm³/mol. The Labute approximate surface area is 210 Å². The number of para-hydroxylation sites is 1. The highest BCUT2D eigenvalue weighted by Crippen LogP contribution is 2.50. The van der Waals surface area contributed by atoms with E-state index in [1.54, 1.807) is 12.1 Å². The highest BCUT2D eigenvalue weighted by atomic mass is 16.6. The number of likely N-dealkylation sites (tertiary alicyclic amines) is 1. The summed E-state index contributed by atoms with van der Waals surface area (Å²) in [6.45, 7) is 3.15. The number of nitro benzene ring substituents is 1. The number of methoxy groups -OCH3 is 1. The third kappa shape index (κ3) is 4.54. The standard InChI is InChI=1S/C29H29N3O4/c1-36-28(33)26-11-5-9-22(27(26)32(34)35)17-30-25-14-12-23(13-15-25)29-16-6-10-24(29)19-31(20-29)18-21-7-3-2-4-8-21/h2-5,7-9,11-15,17,24H,6,10,16,18-20H2,1H3. The first-order chi connectivity index (χ1) is 17.5. The lowest BCUT2D eigenvalue weighted by atomic mass is 9.74. The first kappa shape index (κ1) is 23.9. The molecule has 2 aliphatic rings. The van der Waals surface area contributed by atoms with Crippen LogP contribution in [-0.2, 0) is 16.7 Å². The molecule has 0 radical (unpaired) electrons. The fourth-order valence-corrected chi connectivity index (χ4v) is 5.99. The predicted octanol–water partition coefficient (Wildman–Crippen LogP) is 5.69. The Morgan fingerprint density at radius 3 is 2.64 bits per heavy atom. The Bertz CT molecular complexity index is 1290. The fraction of sp³-hybridized carbons (Fsp3) is 0.310. The van der Waals surface area contributed by atoms with Crippen molar-refractivity contribution in [2.75, 3.05) is 20.2 Å². The molecule has 0 N–H and O–H groups in total. The summed E-state index contributed by atoms with van der Waals surface area (Å²) in [7, 11) is 1.20. The van der Waals surface area contributed by atoms with E-state index in [1.807, 2.05) is 12.1 Å². The fourth-order valence-electron chi connectivity index (χ4n) is 5.99. The number of nitrogens with zero attached hydrogens (tertiary/aromatic N) is 3. The van der Waals surface area contributed by atoms with Gasteiger partial charge in [0, 0.05) is 31.3 Å². The highest BCUT2D eigenvalue weighted by Gasteiger charge is 2.50. The third-order valence-electron chi connectivity index (χ3n) is 7.64. The molecule has 184 valence electrons. The van der Waals surface area contributed by atoms with Crippen LogP contribution in [0.25, 0.3) is 0 Å². The summed E-state index contributed by atoms with van der Waals surface area (Å²) in [6, 6.07) is 23.5. The van der Waals surface area contributed by atoms with Crippen LogP contribution in [0.2, 0.25) is 0 Å². The average Bonchev–Trinajstić information content (AvgIpc) is 3.45. The van der Waals surface area contributed by atoms with Crippen molar-refractivity contribution in [1.29, 1.82) is 0 Å². The molecule has 7 heteroatoms. The van der Waals surface area contributed by atoms with Crippen LogP contribution in [0.4, 0.5) is 11.4 Å². The van der Waals surface area contributed by atoms with Crippen LogP contribution in [0.5, 0.6) is 0 Å². The molecule has 2 fully saturated rings. The van der Waals surface area contributed by atoms with E-state index in [0.717, 1.165) is 19.6 Å². The molecule has 1 heterocycles. The molecular formula is C29H29N3O4. The quantitative estimate of drug-likeness (QED) is 0.187. The van der Waals surface area contributed by atoms with Gasteiger partial charge in [-0.05, 0) is 54.2 Å². The number of nitro groups is 1. The van der Waals surface area contributed by atoms with Crippen molar-refractivity contribution in [3.05, 3.63) is 105 Å². The van der Waals surface area contributed by atoms with Crippen LogP contribution in [-0.4, -0.2) is 42.2 Å². The van der Waals surface area contributed by atoms with E-state index in [0.29, 0.717) is 11.6 Å². The lowest BCUT2D eigenvalue weighted by Crippen LogP contribution is -2.31. The second-order valence-corrected chi connectivity index (χ2v) is 9.70. The lowest BCUT2D eigenvalue weighted by molar-refractivity contribution is -0.385. The number of carbonyl (C=O) groups excluding carboxylic acids is 1. The van der Waals surface area contributed by atoms with Gasteiger partial charge in [-0.1, -0.05) is 55.0 Å². The third-order valence-corrected chi connectivity index (χ3v) is 7.64. The topological polar surface area (TPSA) is 85.0 Å². The minimum Gasteiger partial charge on any atom is -0.465 e. The van der Waals surface area contributed by atoms with Crippen molar-refractivity contribution >= 4 is 23.6 Å². The molecule has 7 nitrogen and oxygen atoms in total. The summed E-state index contributed by atoms with van der Waals surface area (Å²) in [4.78, 5) is 30.1. The normalized spacial score (nSPS) is 21.5. The van der Waals surface area contributed by atoms with Crippen LogP contribution in [0.15, 0.2) is 77.8 Å². The molecule has 0 amide bonds. The molecule has 0 aromatic heterocycles. The number of ether oxygens (including phenoxy) is 1. The van der Waals surface area contributed by atoms with E-state index >= 15 is 0 Å². The molecule has 0 bridgehead atoms. The number of esters is 1. The van der Waals surface area contributed by atoms with Crippen molar-refractivity contribution in [2.45, 2.75) is 31.2 Å². The van der Waals surface area contributed by atoms with Crippen LogP contribution in [0.3, 0.4) is 0 Å². The molecule has 36 heavy (non-hydrogen) atoms. The van der Waals surface area contributed by atoms with Crippen molar-refractivity contribution in [3.8, 4) is 0 Å². The molecule has 1 aliphatic carbocycles. The van der Waals surface area contributed by atoms with Crippen molar-refractivity contribution in [3.63, 3.8) is 0 Å². The summed E-state index contributed by atoms with van der Waals surface area (Å²) in [6.07, 6.45) is 5.14. The number of fused-ring (bicyclic) bond motifs is 1. The van der Waals surface area contributed by atoms with Crippen molar-refractivity contribution < 1.29 is 14.5 Å². The maximum absolute atomic E-state index is 12.0. The molecule has 1 saturated carbocycles. The molecule has 3 aromatic carbocycles. The van der Waals surface area contributed by atoms with Crippen LogP contribution in [0, 0.1) is 16.0 Å². The Kier molecular flexibility index (Phi) is 6.65. The second kappa shape index (κ2) is 10.0. The molecule has 1 aliphatic heterocycles. The van der Waals surface area contributed by atoms with Gasteiger partial charge >= 0.3 is 5.97 Å². The van der Waals surface area contributed by atoms with Crippen LogP contribution < -0.4 is 0 Å². The summed E-state index contributed by atoms with van der Waals surface area (Å²) < 4.78 is 4.69. The summed E-state index contributed by atoms with van der Waals surface area (Å²) in [5, 5.41) is 11.6. The zero-order chi connectivity index (χ0) is 25.1. The number of carbonyl (C=O) groups is 1. The summed E-state index contributed by atoms with van der Waals surface area (Å²) >= 11 is 0. The van der Waals surface area contributed by atoms with Gasteiger partial charge in [-0.15, -0.1) is 0 Å². The molecule has 0 spiro atoms. The molecular weight excluding hydrogens is 454 g/mol. The summed E-state index contributed by atoms with van der Waals surface area (Å²) in [5.41, 5.74) is 3.44. The van der Waals surface area contributed by atoms with Gasteiger partial charge in [-0.3, -0.25) is 20.0 Å². The van der Waals surface area contributed by atoms with Gasteiger partial charge in [0.1, 0.15) is 5.56 Å². The molecule has 1 saturated heterocycles. The average molecular weight is 484 g/mol. The zero-order valence-corrected chi connectivity index (χ0v) is 20.3. The minimum atomic E-state index is -0.746. The van der Waals surface area contributed by atoms with E-state index in [1.165, 1.54) is 49.8 Å². The van der Waals surface area contributed by atoms with E-state index in [4.69, 9.17) is 0 Å². The van der Waals surface area contributed by atoms with E-state index < -0.39 is 10.9 Å². The number of aliphatic imine (C=N–C) groups is 1. The van der Waals surface area contributed by atoms with Crippen molar-refractivity contribution in [1.82, 2.24) is 4.90 Å². The van der Waals surface area contributed by atoms with Gasteiger partial charge in [-0.25, -0.2) is 4.79 Å². The molecule has 2 atom stereocenters. The van der Waals surface area contributed by atoms with Gasteiger partial charge < -0.3 is 4.74 Å². The largest absolute Gasteiger partial charge is 0.465 e. The van der Waals surface area contributed by atoms with Gasteiger partial charge in [0.2, 0.25) is 0 Å². The Morgan fingerprint density at radius 2 is 1.92 bits per heavy atom. The highest BCUT2D eigenvalue weighted by molar-refractivity contribution is 5.99. The molecule has 2 unspecified atom stereocenters. The maximum atomic E-state index is 12.0. The number of benzene rings is 3. The minimum absolute atomic E-state index is 0.0885. The monoisotopic (exact) mass is 483 g/mol. The van der Waals surface area contributed by atoms with E-state index in [2.05, 4.69) is 57.1 Å². The number of hydrogen-bond donors (Lipinski definition) is 0. The summed E-state index contributed by atoms with van der Waals surface area (Å²) in [5.74, 6) is -0.0937. The first-order valence-electron chi connectivity index (χ1n) is 12.3. The lowest BCUT2D eigenvalue weighted by Gasteiger charge is -2.30. The van der Waals surface area contributed by atoms with Gasteiger partial charge in [0.05, 0.1) is 23.3 Å². The van der Waals surface area contributed by atoms with Crippen LogP contribution in [0.1, 0.15) is 46.3 Å². The second-order valence-electron chi connectivity index (χ2n) is 9.70. The SMILES string of the molecule is COC(=O)c1cccc(C=Nc2ccc(C34CCCC3CN(Cc3ccccc3)C4)cc2)c1[N+](=O)[O-]. The smallest absolute Gasteiger partial charge is 0.344 e. The van der Waals surface area contributed by atoms with Crippen molar-refractivity contribution in [2.24, 2.45) is 10.9 Å². The molecule has 3 aromatic rings. The molecule has 5 rings (SSSR count). The zero-order valence-electron chi connectivity index (χ0n) is 20.3. The van der Waals surface area contributed by atoms with Gasteiger partial charge in [-0.2, -0.15) is 0 Å². The van der Waals surface area contributed by atoms with Crippen LogP contribution >= 0.6 is 0 Å². The Balaban J connectivity index is 1.35. The van der Waals surface area contributed by atoms with Gasteiger partial charge in [0.25, 0.3) is 5.69 Å². The number of hydrogen-bond acceptors (Lipinski definition) is 6. The van der Waals surface area contributed by atoms with E-state index in [9.17, 15) is 14.9 Å². The van der Waals surface area contributed by atoms with E-state index in [-0.39, 0.29) is 22.2 Å². The number of rotatable bonds is 7. The maximum Gasteiger partial charge on any atom is 0.344 e. The first-order valence-corrected chi connectivity index (χ1v) is 12.3. The Hall–Kier alpha value is -3.84. The van der Waals surface area contributed by atoms with Gasteiger partial charge in [0.15, 0.2) is 0 Å². The Morgan fingerprint density at radius 1 is 1.14 bits per heavy atom.